The van der Waals surface area contributed by atoms with Gasteiger partial charge in [0.2, 0.25) is 0 Å². The van der Waals surface area contributed by atoms with Crippen LogP contribution in [0.15, 0.2) is 24.3 Å². The Labute approximate surface area is 138 Å². The topological polar surface area (TPSA) is 73.6 Å². The van der Waals surface area contributed by atoms with Gasteiger partial charge in [0.1, 0.15) is 12.4 Å². The summed E-state index contributed by atoms with van der Waals surface area (Å²) in [6.07, 6.45) is 2.28. The fraction of sp³-hybridized carbons (Fsp3) is 0.611. The molecule has 1 aromatic carbocycles. The van der Waals surface area contributed by atoms with E-state index in [1.54, 1.807) is 12.1 Å². The van der Waals surface area contributed by atoms with Crippen LogP contribution in [0.2, 0.25) is 0 Å². The molecule has 0 bridgehead atoms. The number of ether oxygens (including phenoxy) is 2. The van der Waals surface area contributed by atoms with Crippen molar-refractivity contribution in [3.63, 3.8) is 0 Å². The highest BCUT2D eigenvalue weighted by molar-refractivity contribution is 5.95. The molecule has 1 amide bonds. The summed E-state index contributed by atoms with van der Waals surface area (Å²) in [7, 11) is 0. The van der Waals surface area contributed by atoms with Gasteiger partial charge in [-0.15, -0.1) is 0 Å². The van der Waals surface area contributed by atoms with Crippen LogP contribution in [0, 0.1) is 5.92 Å². The van der Waals surface area contributed by atoms with E-state index in [-0.39, 0.29) is 17.9 Å². The zero-order chi connectivity index (χ0) is 16.9. The van der Waals surface area contributed by atoms with E-state index in [0.29, 0.717) is 24.5 Å². The van der Waals surface area contributed by atoms with E-state index in [1.165, 1.54) is 0 Å². The number of nitrogens with one attached hydrogen (secondary N) is 1. The molecule has 0 aliphatic carbocycles. The average Bonchev–Trinajstić information content (AvgIpc) is 3.06. The maximum Gasteiger partial charge on any atom is 0.251 e. The number of nitrogens with two attached hydrogens (primary N) is 1. The van der Waals surface area contributed by atoms with Crippen molar-refractivity contribution >= 4 is 5.91 Å². The third-order valence-corrected chi connectivity index (χ3v) is 4.65. The molecule has 5 nitrogen and oxygen atoms in total. The van der Waals surface area contributed by atoms with Crippen LogP contribution in [0.4, 0.5) is 0 Å². The van der Waals surface area contributed by atoms with E-state index in [1.807, 2.05) is 32.9 Å². The number of amides is 1. The Balaban J connectivity index is 1.99. The minimum Gasteiger partial charge on any atom is -0.491 e. The molecule has 1 fully saturated rings. The summed E-state index contributed by atoms with van der Waals surface area (Å²) < 4.78 is 11.3. The van der Waals surface area contributed by atoms with Crippen LogP contribution in [0.3, 0.4) is 0 Å². The molecule has 3 N–H and O–H groups in total. The predicted octanol–water partition coefficient (Wildman–Crippen LogP) is 2.35. The predicted molar refractivity (Wildman–Crippen MR) is 90.7 cm³/mol. The van der Waals surface area contributed by atoms with E-state index >= 15 is 0 Å². The van der Waals surface area contributed by atoms with Crippen molar-refractivity contribution in [3.8, 4) is 5.75 Å². The van der Waals surface area contributed by atoms with Crippen molar-refractivity contribution < 1.29 is 14.3 Å². The Hall–Kier alpha value is -1.59. The lowest BCUT2D eigenvalue weighted by atomic mass is 9.88. The van der Waals surface area contributed by atoms with Gasteiger partial charge in [0.05, 0.1) is 11.6 Å². The van der Waals surface area contributed by atoms with Crippen molar-refractivity contribution in [3.05, 3.63) is 29.8 Å². The van der Waals surface area contributed by atoms with Crippen LogP contribution >= 0.6 is 0 Å². The lowest BCUT2D eigenvalue weighted by Gasteiger charge is -2.33. The number of hydrogen-bond donors (Lipinski definition) is 2. The quantitative estimate of drug-likeness (QED) is 0.809. The van der Waals surface area contributed by atoms with E-state index < -0.39 is 5.54 Å². The third kappa shape index (κ3) is 4.69. The van der Waals surface area contributed by atoms with Gasteiger partial charge in [-0.2, -0.15) is 0 Å². The van der Waals surface area contributed by atoms with Gasteiger partial charge in [-0.3, -0.25) is 4.79 Å². The van der Waals surface area contributed by atoms with Crippen molar-refractivity contribution in [2.75, 3.05) is 19.8 Å². The molecule has 1 aliphatic rings. The minimum absolute atomic E-state index is 0.130. The molecule has 5 heteroatoms. The fourth-order valence-corrected chi connectivity index (χ4v) is 2.45. The van der Waals surface area contributed by atoms with E-state index in [4.69, 9.17) is 15.2 Å². The van der Waals surface area contributed by atoms with Gasteiger partial charge in [0.15, 0.2) is 0 Å². The van der Waals surface area contributed by atoms with Crippen molar-refractivity contribution in [2.45, 2.75) is 45.3 Å². The molecule has 1 aliphatic heterocycles. The lowest BCUT2D eigenvalue weighted by molar-refractivity contribution is 0.0679. The number of hydrogen-bond acceptors (Lipinski definition) is 4. The monoisotopic (exact) mass is 320 g/mol. The third-order valence-electron chi connectivity index (χ3n) is 4.65. The summed E-state index contributed by atoms with van der Waals surface area (Å²) in [6, 6.07) is 7.23. The number of rotatable bonds is 7. The summed E-state index contributed by atoms with van der Waals surface area (Å²) in [6.45, 7) is 7.79. The molecule has 2 atom stereocenters. The summed E-state index contributed by atoms with van der Waals surface area (Å²) in [4.78, 5) is 12.5. The number of carbonyl (C=O) groups excluding carboxylic acids is 1. The Kier molecular flexibility index (Phi) is 6.02. The second-order valence-electron chi connectivity index (χ2n) is 6.70. The summed E-state index contributed by atoms with van der Waals surface area (Å²) in [5.74, 6) is 0.803. The Morgan fingerprint density at radius 3 is 2.91 bits per heavy atom. The minimum atomic E-state index is -0.425. The highest BCUT2D eigenvalue weighted by atomic mass is 16.5. The molecule has 0 radical (unpaired) electrons. The largest absolute Gasteiger partial charge is 0.491 e. The maximum atomic E-state index is 12.5. The Bertz CT molecular complexity index is 527. The first-order chi connectivity index (χ1) is 10.9. The molecule has 0 saturated carbocycles. The first-order valence-corrected chi connectivity index (χ1v) is 8.31. The van der Waals surface area contributed by atoms with Gasteiger partial charge in [-0.1, -0.05) is 19.9 Å². The second kappa shape index (κ2) is 7.79. The van der Waals surface area contributed by atoms with Crippen LogP contribution in [-0.2, 0) is 4.74 Å². The van der Waals surface area contributed by atoms with Crippen molar-refractivity contribution in [1.82, 2.24) is 5.32 Å². The first kappa shape index (κ1) is 17.8. The smallest absolute Gasteiger partial charge is 0.251 e. The van der Waals surface area contributed by atoms with Crippen LogP contribution in [0.1, 0.15) is 44.0 Å². The number of carbonyl (C=O) groups is 1. The fourth-order valence-electron chi connectivity index (χ4n) is 2.45. The molecule has 2 rings (SSSR count). The SMILES string of the molecule is CC(C)C(C)(CN)NC(=O)c1cccc(OCC2CCCO2)c1. The number of benzene rings is 1. The first-order valence-electron chi connectivity index (χ1n) is 8.31. The van der Waals surface area contributed by atoms with Gasteiger partial charge in [0.25, 0.3) is 5.91 Å². The zero-order valence-corrected chi connectivity index (χ0v) is 14.3. The molecule has 0 aromatic heterocycles. The average molecular weight is 320 g/mol. The highest BCUT2D eigenvalue weighted by Crippen LogP contribution is 2.19. The summed E-state index contributed by atoms with van der Waals surface area (Å²) in [5.41, 5.74) is 5.98. The molecule has 2 unspecified atom stereocenters. The van der Waals surface area contributed by atoms with Crippen LogP contribution in [-0.4, -0.2) is 37.3 Å². The molecular weight excluding hydrogens is 292 g/mol. The Morgan fingerprint density at radius 1 is 1.52 bits per heavy atom. The normalized spacial score (nSPS) is 20.3. The molecule has 128 valence electrons. The van der Waals surface area contributed by atoms with E-state index in [0.717, 1.165) is 19.4 Å². The van der Waals surface area contributed by atoms with E-state index in [9.17, 15) is 4.79 Å². The van der Waals surface area contributed by atoms with Gasteiger partial charge in [-0.25, -0.2) is 0 Å². The summed E-state index contributed by atoms with van der Waals surface area (Å²) >= 11 is 0. The Morgan fingerprint density at radius 2 is 2.30 bits per heavy atom. The zero-order valence-electron chi connectivity index (χ0n) is 14.3. The van der Waals surface area contributed by atoms with Gasteiger partial charge in [-0.05, 0) is 43.9 Å². The second-order valence-corrected chi connectivity index (χ2v) is 6.70. The molecule has 23 heavy (non-hydrogen) atoms. The van der Waals surface area contributed by atoms with Crippen LogP contribution < -0.4 is 15.8 Å². The molecule has 1 aromatic rings. The van der Waals surface area contributed by atoms with Gasteiger partial charge < -0.3 is 20.5 Å². The molecule has 0 spiro atoms. The highest BCUT2D eigenvalue weighted by Gasteiger charge is 2.29. The maximum absolute atomic E-state index is 12.5. The molecular formula is C18H28N2O3. The van der Waals surface area contributed by atoms with E-state index in [2.05, 4.69) is 5.32 Å². The molecule has 1 heterocycles. The van der Waals surface area contributed by atoms with Crippen LogP contribution in [0.5, 0.6) is 5.75 Å². The summed E-state index contributed by atoms with van der Waals surface area (Å²) in [5, 5.41) is 3.04. The van der Waals surface area contributed by atoms with Gasteiger partial charge >= 0.3 is 0 Å². The molecule has 1 saturated heterocycles. The standard InChI is InChI=1S/C18H28N2O3/c1-13(2)18(3,12-19)20-17(21)14-6-4-7-15(10-14)23-11-16-8-5-9-22-16/h4,6-7,10,13,16H,5,8-9,11-12,19H2,1-3H3,(H,20,21). The van der Waals surface area contributed by atoms with Crippen molar-refractivity contribution in [2.24, 2.45) is 11.7 Å². The van der Waals surface area contributed by atoms with Gasteiger partial charge in [0, 0.05) is 18.7 Å². The lowest BCUT2D eigenvalue weighted by Crippen LogP contribution is -2.55. The van der Waals surface area contributed by atoms with Crippen LogP contribution in [0.25, 0.3) is 0 Å². The van der Waals surface area contributed by atoms with Crippen molar-refractivity contribution in [1.29, 1.82) is 0 Å².